The molecule has 0 aliphatic carbocycles. The van der Waals surface area contributed by atoms with Crippen molar-refractivity contribution in [2.75, 3.05) is 5.73 Å². The van der Waals surface area contributed by atoms with Crippen LogP contribution in [0.2, 0.25) is 0 Å². The Morgan fingerprint density at radius 3 is 2.90 bits per heavy atom. The van der Waals surface area contributed by atoms with Crippen molar-refractivity contribution >= 4 is 5.69 Å². The van der Waals surface area contributed by atoms with E-state index in [4.69, 9.17) is 10.8 Å². The van der Waals surface area contributed by atoms with Gasteiger partial charge in [-0.05, 0) is 23.8 Å². The molecule has 3 N–H and O–H groups in total. The van der Waals surface area contributed by atoms with E-state index < -0.39 is 5.82 Å². The van der Waals surface area contributed by atoms with Crippen LogP contribution in [0.1, 0.15) is 5.56 Å². The number of hydrogen-bond acceptors (Lipinski definition) is 2. The SMILES string of the molecule is Nc1c[c]c(CO)cc1F. The molecule has 0 bridgehead atoms. The van der Waals surface area contributed by atoms with Gasteiger partial charge in [0.1, 0.15) is 5.82 Å². The molecule has 0 spiro atoms. The van der Waals surface area contributed by atoms with Gasteiger partial charge < -0.3 is 10.8 Å². The number of rotatable bonds is 1. The van der Waals surface area contributed by atoms with Crippen molar-refractivity contribution in [1.82, 2.24) is 0 Å². The minimum atomic E-state index is -0.511. The van der Waals surface area contributed by atoms with E-state index in [0.717, 1.165) is 6.07 Å². The fraction of sp³-hybridized carbons (Fsp3) is 0.143. The number of nitrogens with two attached hydrogens (primary N) is 1. The van der Waals surface area contributed by atoms with Crippen LogP contribution in [0, 0.1) is 11.9 Å². The Morgan fingerprint density at radius 1 is 1.70 bits per heavy atom. The molecule has 1 rings (SSSR count). The molecule has 1 radical (unpaired) electrons. The van der Waals surface area contributed by atoms with E-state index in [2.05, 4.69) is 6.07 Å². The molecule has 2 nitrogen and oxygen atoms in total. The molecule has 0 atom stereocenters. The van der Waals surface area contributed by atoms with E-state index in [1.165, 1.54) is 6.07 Å². The van der Waals surface area contributed by atoms with Crippen LogP contribution in [0.3, 0.4) is 0 Å². The molecule has 0 saturated heterocycles. The maximum Gasteiger partial charge on any atom is 0.146 e. The topological polar surface area (TPSA) is 46.2 Å². The molecule has 0 heterocycles. The lowest BCUT2D eigenvalue weighted by Gasteiger charge is -1.97. The average Bonchev–Trinajstić information content (AvgIpc) is 1.95. The Balaban J connectivity index is 3.04. The van der Waals surface area contributed by atoms with Gasteiger partial charge in [0, 0.05) is 0 Å². The highest BCUT2D eigenvalue weighted by Crippen LogP contribution is 2.10. The number of nitrogen functional groups attached to an aromatic ring is 1. The summed E-state index contributed by atoms with van der Waals surface area (Å²) >= 11 is 0. The molecule has 0 unspecified atom stereocenters. The third-order valence-electron chi connectivity index (χ3n) is 1.16. The summed E-state index contributed by atoms with van der Waals surface area (Å²) in [7, 11) is 0. The van der Waals surface area contributed by atoms with Crippen LogP contribution in [0.5, 0.6) is 0 Å². The fourth-order valence-corrected chi connectivity index (χ4v) is 0.609. The second-order valence-corrected chi connectivity index (χ2v) is 1.92. The quantitative estimate of drug-likeness (QED) is 0.564. The summed E-state index contributed by atoms with van der Waals surface area (Å²) < 4.78 is 12.5. The van der Waals surface area contributed by atoms with Gasteiger partial charge in [0.05, 0.1) is 12.3 Å². The first-order chi connectivity index (χ1) is 4.74. The number of aliphatic hydroxyl groups excluding tert-OH is 1. The molecule has 0 aromatic heterocycles. The van der Waals surface area contributed by atoms with Crippen LogP contribution < -0.4 is 5.73 Å². The van der Waals surface area contributed by atoms with Gasteiger partial charge in [0.25, 0.3) is 0 Å². The van der Waals surface area contributed by atoms with Gasteiger partial charge in [-0.3, -0.25) is 0 Å². The average molecular weight is 140 g/mol. The zero-order valence-electron chi connectivity index (χ0n) is 5.26. The minimum Gasteiger partial charge on any atom is -0.396 e. The zero-order valence-corrected chi connectivity index (χ0v) is 5.26. The van der Waals surface area contributed by atoms with E-state index in [1.54, 1.807) is 0 Å². The summed E-state index contributed by atoms with van der Waals surface area (Å²) in [4.78, 5) is 0. The lowest BCUT2D eigenvalue weighted by atomic mass is 10.2. The number of aliphatic hydroxyl groups is 1. The zero-order chi connectivity index (χ0) is 7.56. The Morgan fingerprint density at radius 2 is 2.40 bits per heavy atom. The molecule has 0 aliphatic rings. The number of anilines is 1. The Kier molecular flexibility index (Phi) is 1.87. The molecule has 3 heteroatoms. The number of benzene rings is 1. The monoisotopic (exact) mass is 140 g/mol. The molecule has 0 aliphatic heterocycles. The van der Waals surface area contributed by atoms with Crippen molar-refractivity contribution < 1.29 is 9.50 Å². The first-order valence-corrected chi connectivity index (χ1v) is 2.80. The van der Waals surface area contributed by atoms with Crippen LogP contribution in [-0.2, 0) is 6.61 Å². The molecule has 0 amide bonds. The fourth-order valence-electron chi connectivity index (χ4n) is 0.609. The number of hydrogen-bond donors (Lipinski definition) is 2. The highest BCUT2D eigenvalue weighted by molar-refractivity contribution is 5.40. The van der Waals surface area contributed by atoms with E-state index >= 15 is 0 Å². The van der Waals surface area contributed by atoms with Gasteiger partial charge in [-0.15, -0.1) is 0 Å². The van der Waals surface area contributed by atoms with E-state index in [0.29, 0.717) is 5.56 Å². The predicted octanol–water partition coefficient (Wildman–Crippen LogP) is 0.700. The van der Waals surface area contributed by atoms with Gasteiger partial charge in [-0.25, -0.2) is 4.39 Å². The Labute approximate surface area is 58.1 Å². The van der Waals surface area contributed by atoms with Crippen LogP contribution in [0.25, 0.3) is 0 Å². The van der Waals surface area contributed by atoms with E-state index in [9.17, 15) is 4.39 Å². The first-order valence-electron chi connectivity index (χ1n) is 2.80. The third kappa shape index (κ3) is 1.25. The normalized spacial score (nSPS) is 9.80. The van der Waals surface area contributed by atoms with Crippen LogP contribution >= 0.6 is 0 Å². The Bertz CT molecular complexity index is 237. The second-order valence-electron chi connectivity index (χ2n) is 1.92. The summed E-state index contributed by atoms with van der Waals surface area (Å²) in [6.07, 6.45) is 0. The van der Waals surface area contributed by atoms with Crippen LogP contribution in [0.4, 0.5) is 10.1 Å². The molecular weight excluding hydrogens is 133 g/mol. The molecule has 1 aromatic carbocycles. The molecule has 53 valence electrons. The highest BCUT2D eigenvalue weighted by Gasteiger charge is 1.97. The van der Waals surface area contributed by atoms with Crippen molar-refractivity contribution in [1.29, 1.82) is 0 Å². The van der Waals surface area contributed by atoms with Crippen molar-refractivity contribution in [3.63, 3.8) is 0 Å². The van der Waals surface area contributed by atoms with Gasteiger partial charge in [-0.1, -0.05) is 0 Å². The summed E-state index contributed by atoms with van der Waals surface area (Å²) in [6, 6.07) is 5.08. The minimum absolute atomic E-state index is 0.0530. The maximum atomic E-state index is 12.5. The Hall–Kier alpha value is -1.09. The third-order valence-corrected chi connectivity index (χ3v) is 1.16. The van der Waals surface area contributed by atoms with E-state index in [-0.39, 0.29) is 12.3 Å². The van der Waals surface area contributed by atoms with Gasteiger partial charge in [0.15, 0.2) is 0 Å². The lowest BCUT2D eigenvalue weighted by molar-refractivity contribution is 0.281. The second kappa shape index (κ2) is 2.66. The maximum absolute atomic E-state index is 12.5. The number of halogens is 1. The summed E-state index contributed by atoms with van der Waals surface area (Å²) in [5.41, 5.74) is 5.62. The summed E-state index contributed by atoms with van der Waals surface area (Å²) in [5, 5.41) is 8.51. The molecule has 1 aromatic rings. The largest absolute Gasteiger partial charge is 0.396 e. The van der Waals surface area contributed by atoms with Crippen LogP contribution in [0.15, 0.2) is 12.1 Å². The first kappa shape index (κ1) is 7.02. The van der Waals surface area contributed by atoms with Crippen molar-refractivity contribution in [3.8, 4) is 0 Å². The summed E-state index contributed by atoms with van der Waals surface area (Å²) in [5.74, 6) is -0.511. The van der Waals surface area contributed by atoms with Gasteiger partial charge in [-0.2, -0.15) is 0 Å². The standard InChI is InChI=1S/C7H7FNO/c8-6-3-5(4-10)1-2-7(6)9/h2-3,10H,4,9H2. The van der Waals surface area contributed by atoms with Crippen LogP contribution in [-0.4, -0.2) is 5.11 Å². The van der Waals surface area contributed by atoms with Crippen molar-refractivity contribution in [2.45, 2.75) is 6.61 Å². The lowest BCUT2D eigenvalue weighted by Crippen LogP contribution is -1.92. The molecular formula is C7H7FNO. The molecule has 0 saturated carbocycles. The highest BCUT2D eigenvalue weighted by atomic mass is 19.1. The van der Waals surface area contributed by atoms with E-state index in [1.807, 2.05) is 0 Å². The van der Waals surface area contributed by atoms with Crippen molar-refractivity contribution in [2.24, 2.45) is 0 Å². The summed E-state index contributed by atoms with van der Waals surface area (Å²) in [6.45, 7) is -0.211. The van der Waals surface area contributed by atoms with Gasteiger partial charge in [0.2, 0.25) is 0 Å². The molecule has 10 heavy (non-hydrogen) atoms. The predicted molar refractivity (Wildman–Crippen MR) is 35.6 cm³/mol. The van der Waals surface area contributed by atoms with Gasteiger partial charge >= 0.3 is 0 Å². The van der Waals surface area contributed by atoms with Crippen molar-refractivity contribution in [3.05, 3.63) is 29.6 Å². The molecule has 0 fully saturated rings. The smallest absolute Gasteiger partial charge is 0.146 e.